The van der Waals surface area contributed by atoms with Crippen molar-refractivity contribution in [2.75, 3.05) is 39.8 Å². The van der Waals surface area contributed by atoms with E-state index in [9.17, 15) is 9.59 Å². The monoisotopic (exact) mass is 463 g/mol. The number of likely N-dealkylation sites (tertiary alicyclic amines) is 2. The highest BCUT2D eigenvalue weighted by atomic mass is 35.5. The summed E-state index contributed by atoms with van der Waals surface area (Å²) < 4.78 is 5.65. The van der Waals surface area contributed by atoms with Gasteiger partial charge in [-0.15, -0.1) is 24.8 Å². The molecule has 7 nitrogen and oxygen atoms in total. The van der Waals surface area contributed by atoms with E-state index in [-0.39, 0.29) is 48.3 Å². The van der Waals surface area contributed by atoms with Gasteiger partial charge in [0.1, 0.15) is 0 Å². The first-order valence-corrected chi connectivity index (χ1v) is 10.1. The van der Waals surface area contributed by atoms with E-state index in [0.717, 1.165) is 58.4 Å². The number of halogens is 2. The zero-order valence-corrected chi connectivity index (χ0v) is 19.2. The van der Waals surface area contributed by atoms with Crippen molar-refractivity contribution in [1.82, 2.24) is 15.1 Å². The lowest BCUT2D eigenvalue weighted by Crippen LogP contribution is -2.54. The fourth-order valence-electron chi connectivity index (χ4n) is 4.01. The minimum Gasteiger partial charge on any atom is -0.412 e. The van der Waals surface area contributed by atoms with Gasteiger partial charge in [-0.1, -0.05) is 18.2 Å². The third-order valence-electron chi connectivity index (χ3n) is 5.62. The molecule has 0 aromatic heterocycles. The zero-order chi connectivity index (χ0) is 19.1. The lowest BCUT2D eigenvalue weighted by Gasteiger charge is -2.38. The predicted molar refractivity (Wildman–Crippen MR) is 123 cm³/mol. The molecular weight excluding hydrogens is 429 g/mol. The second-order valence-electron chi connectivity index (χ2n) is 7.50. The highest BCUT2D eigenvalue weighted by Gasteiger charge is 2.30. The van der Waals surface area contributed by atoms with Crippen LogP contribution in [0.3, 0.4) is 0 Å². The van der Waals surface area contributed by atoms with E-state index in [0.29, 0.717) is 17.9 Å². The molecule has 1 aromatic carbocycles. The third kappa shape index (κ3) is 8.04. The average molecular weight is 464 g/mol. The molecule has 3 rings (SSSR count). The fourth-order valence-corrected chi connectivity index (χ4v) is 4.01. The quantitative estimate of drug-likeness (QED) is 0.668. The number of ether oxygens (including phenoxy) is 1. The number of benzene rings is 1. The van der Waals surface area contributed by atoms with Crippen molar-refractivity contribution >= 4 is 36.6 Å². The van der Waals surface area contributed by atoms with Gasteiger partial charge in [0, 0.05) is 45.3 Å². The van der Waals surface area contributed by atoms with Crippen molar-refractivity contribution in [1.29, 1.82) is 0 Å². The van der Waals surface area contributed by atoms with Crippen LogP contribution in [-0.4, -0.2) is 79.1 Å². The molecule has 2 unspecified atom stereocenters. The molecule has 1 aromatic rings. The maximum atomic E-state index is 12.4. The predicted octanol–water partition coefficient (Wildman–Crippen LogP) is 1.93. The summed E-state index contributed by atoms with van der Waals surface area (Å²) >= 11 is 0. The van der Waals surface area contributed by atoms with Crippen molar-refractivity contribution in [3.63, 3.8) is 0 Å². The van der Waals surface area contributed by atoms with Gasteiger partial charge in [0.15, 0.2) is 0 Å². The summed E-state index contributed by atoms with van der Waals surface area (Å²) in [6.07, 6.45) is 4.62. The molecule has 172 valence electrons. The van der Waals surface area contributed by atoms with E-state index in [1.54, 1.807) is 7.11 Å². The lowest BCUT2D eigenvalue weighted by molar-refractivity contribution is -0.130. The third-order valence-corrected chi connectivity index (χ3v) is 5.62. The van der Waals surface area contributed by atoms with Crippen LogP contribution < -0.4 is 5.32 Å². The molecule has 0 saturated carbocycles. The average Bonchev–Trinajstić information content (AvgIpc) is 3.24. The molecule has 30 heavy (non-hydrogen) atoms. The van der Waals surface area contributed by atoms with E-state index in [1.807, 2.05) is 35.2 Å². The normalized spacial score (nSPS) is 21.0. The van der Waals surface area contributed by atoms with Gasteiger partial charge in [-0.2, -0.15) is 0 Å². The number of rotatable bonds is 7. The van der Waals surface area contributed by atoms with Crippen LogP contribution in [0, 0.1) is 0 Å². The number of methoxy groups -OCH3 is 1. The Hall–Kier alpha value is -1.38. The van der Waals surface area contributed by atoms with Crippen molar-refractivity contribution in [3.8, 4) is 0 Å². The number of hydrogen-bond acceptors (Lipinski definition) is 4. The van der Waals surface area contributed by atoms with E-state index in [2.05, 4.69) is 10.2 Å². The van der Waals surface area contributed by atoms with Gasteiger partial charge in [0.2, 0.25) is 5.91 Å². The number of hydrogen-bond donors (Lipinski definition) is 1. The molecule has 2 aliphatic rings. The Morgan fingerprint density at radius 2 is 1.77 bits per heavy atom. The van der Waals surface area contributed by atoms with Gasteiger partial charge in [0.25, 0.3) is 5.91 Å². The highest BCUT2D eigenvalue weighted by Crippen LogP contribution is 2.16. The minimum atomic E-state index is -0.0488. The van der Waals surface area contributed by atoms with Crippen LogP contribution >= 0.6 is 24.8 Å². The lowest BCUT2D eigenvalue weighted by atomic mass is 10.0. The van der Waals surface area contributed by atoms with Crippen LogP contribution in [0.1, 0.15) is 42.5 Å². The topological polar surface area (TPSA) is 93.4 Å². The standard InChI is InChI=1S/C21H31N3O3.2ClH.H2O/c1-27-19-16-23(12-7-10-20(25)24-13-5-6-14-24)15-11-18(19)22-21(26)17-8-3-2-4-9-17;;;/h2-4,8-9,18-19H,5-7,10-16H2,1H3,(H,22,26);2*1H;1H2. The Balaban J connectivity index is 0.00000280. The van der Waals surface area contributed by atoms with Gasteiger partial charge in [0.05, 0.1) is 12.1 Å². The Labute approximate surface area is 191 Å². The van der Waals surface area contributed by atoms with Gasteiger partial charge >= 0.3 is 0 Å². The number of carbonyl (C=O) groups is 2. The van der Waals surface area contributed by atoms with Crippen LogP contribution in [-0.2, 0) is 9.53 Å². The summed E-state index contributed by atoms with van der Waals surface area (Å²) in [7, 11) is 1.70. The highest BCUT2D eigenvalue weighted by molar-refractivity contribution is 5.94. The van der Waals surface area contributed by atoms with Crippen LogP contribution in [0.15, 0.2) is 30.3 Å². The Kier molecular flexibility index (Phi) is 13.9. The van der Waals surface area contributed by atoms with Crippen molar-refractivity contribution < 1.29 is 19.8 Å². The second kappa shape index (κ2) is 14.6. The molecular formula is C21H35Cl2N3O4. The Bertz CT molecular complexity index is 630. The van der Waals surface area contributed by atoms with Crippen molar-refractivity contribution in [3.05, 3.63) is 35.9 Å². The van der Waals surface area contributed by atoms with E-state index < -0.39 is 0 Å². The maximum Gasteiger partial charge on any atom is 0.251 e. The van der Waals surface area contributed by atoms with Crippen molar-refractivity contribution in [2.45, 2.75) is 44.2 Å². The molecule has 0 radical (unpaired) electrons. The molecule has 0 bridgehead atoms. The number of nitrogens with one attached hydrogen (secondary N) is 1. The summed E-state index contributed by atoms with van der Waals surface area (Å²) in [5, 5.41) is 3.12. The number of piperidine rings is 1. The first kappa shape index (κ1) is 28.6. The molecule has 0 aliphatic carbocycles. The molecule has 2 fully saturated rings. The maximum absolute atomic E-state index is 12.4. The molecule has 3 N–H and O–H groups in total. The van der Waals surface area contributed by atoms with Gasteiger partial charge in [-0.25, -0.2) is 0 Å². The second-order valence-corrected chi connectivity index (χ2v) is 7.50. The van der Waals surface area contributed by atoms with Crippen LogP contribution in [0.5, 0.6) is 0 Å². The van der Waals surface area contributed by atoms with E-state index in [1.165, 1.54) is 0 Å². The van der Waals surface area contributed by atoms with E-state index >= 15 is 0 Å². The van der Waals surface area contributed by atoms with Gasteiger partial charge in [-0.05, 0) is 44.4 Å². The largest absolute Gasteiger partial charge is 0.412 e. The van der Waals surface area contributed by atoms with Crippen LogP contribution in [0.2, 0.25) is 0 Å². The molecule has 9 heteroatoms. The first-order valence-electron chi connectivity index (χ1n) is 10.1. The molecule has 0 spiro atoms. The van der Waals surface area contributed by atoms with Gasteiger partial charge in [-0.3, -0.25) is 9.59 Å². The number of nitrogens with zero attached hydrogens (tertiary/aromatic N) is 2. The SMILES string of the molecule is COC1CN(CCCC(=O)N2CCCC2)CCC1NC(=O)c1ccccc1.Cl.Cl.O. The molecule has 2 aliphatic heterocycles. The first-order chi connectivity index (χ1) is 13.2. The summed E-state index contributed by atoms with van der Waals surface area (Å²) in [5.74, 6) is 0.244. The summed E-state index contributed by atoms with van der Waals surface area (Å²) in [5.41, 5.74) is 0.676. The Morgan fingerprint density at radius 1 is 1.10 bits per heavy atom. The fraction of sp³-hybridized carbons (Fsp3) is 0.619. The molecule has 2 amide bonds. The Morgan fingerprint density at radius 3 is 2.40 bits per heavy atom. The van der Waals surface area contributed by atoms with E-state index in [4.69, 9.17) is 4.74 Å². The molecule has 2 heterocycles. The summed E-state index contributed by atoms with van der Waals surface area (Å²) in [4.78, 5) is 28.9. The summed E-state index contributed by atoms with van der Waals surface area (Å²) in [6, 6.07) is 9.31. The number of carbonyl (C=O) groups excluding carboxylic acids is 2. The number of amides is 2. The van der Waals surface area contributed by atoms with Crippen molar-refractivity contribution in [2.24, 2.45) is 0 Å². The zero-order valence-electron chi connectivity index (χ0n) is 17.5. The minimum absolute atomic E-state index is 0. The van der Waals surface area contributed by atoms with Crippen LogP contribution in [0.4, 0.5) is 0 Å². The van der Waals surface area contributed by atoms with Crippen LogP contribution in [0.25, 0.3) is 0 Å². The molecule has 2 saturated heterocycles. The summed E-state index contributed by atoms with van der Waals surface area (Å²) in [6.45, 7) is 4.46. The molecule has 2 atom stereocenters. The smallest absolute Gasteiger partial charge is 0.251 e. The van der Waals surface area contributed by atoms with Gasteiger partial charge < -0.3 is 25.3 Å².